The molecule has 2 N–H and O–H groups in total. The molecular weight excluding hydrogens is 406 g/mol. The molecule has 0 radical (unpaired) electrons. The molecule has 2 aromatic carbocycles. The van der Waals surface area contributed by atoms with Crippen LogP contribution in [0.3, 0.4) is 0 Å². The van der Waals surface area contributed by atoms with Gasteiger partial charge in [0.05, 0.1) is 26.2 Å². The molecule has 3 atom stereocenters. The predicted molar refractivity (Wildman–Crippen MR) is 114 cm³/mol. The van der Waals surface area contributed by atoms with Crippen LogP contribution in [0.5, 0.6) is 11.5 Å². The topological polar surface area (TPSA) is 90.3 Å². The van der Waals surface area contributed by atoms with Crippen molar-refractivity contribution in [2.45, 2.75) is 19.0 Å². The first-order chi connectivity index (χ1) is 14.5. The number of amides is 1. The summed E-state index contributed by atoms with van der Waals surface area (Å²) in [4.78, 5) is 17.7. The van der Waals surface area contributed by atoms with Gasteiger partial charge in [-0.1, -0.05) is 11.6 Å². The van der Waals surface area contributed by atoms with Crippen LogP contribution in [0, 0.1) is 5.92 Å². The van der Waals surface area contributed by atoms with E-state index in [9.17, 15) is 4.79 Å². The van der Waals surface area contributed by atoms with Gasteiger partial charge in [0.15, 0.2) is 0 Å². The maximum Gasteiger partial charge on any atom is 0.232 e. The van der Waals surface area contributed by atoms with Crippen molar-refractivity contribution in [3.05, 3.63) is 59.4 Å². The van der Waals surface area contributed by atoms with E-state index in [1.807, 2.05) is 25.1 Å². The number of anilines is 2. The van der Waals surface area contributed by atoms with Crippen molar-refractivity contribution in [3.63, 3.8) is 0 Å². The van der Waals surface area contributed by atoms with Gasteiger partial charge in [-0.15, -0.1) is 0 Å². The lowest BCUT2D eigenvalue weighted by atomic mass is 9.85. The van der Waals surface area contributed by atoms with Gasteiger partial charge in [-0.25, -0.2) is 4.68 Å². The Hall–Kier alpha value is -3.26. The van der Waals surface area contributed by atoms with Crippen molar-refractivity contribution < 1.29 is 14.3 Å². The molecule has 4 rings (SSSR count). The zero-order valence-corrected chi connectivity index (χ0v) is 17.6. The molecule has 0 spiro atoms. The normalized spacial score (nSPS) is 20.1. The summed E-state index contributed by atoms with van der Waals surface area (Å²) in [6, 6.07) is 11.9. The van der Waals surface area contributed by atoms with Crippen molar-refractivity contribution >= 4 is 29.1 Å². The van der Waals surface area contributed by atoms with E-state index >= 15 is 0 Å². The molecule has 30 heavy (non-hydrogen) atoms. The molecule has 156 valence electrons. The molecule has 9 heteroatoms. The monoisotopic (exact) mass is 427 g/mol. The smallest absolute Gasteiger partial charge is 0.232 e. The lowest BCUT2D eigenvalue weighted by molar-refractivity contribution is -0.121. The maximum atomic E-state index is 13.4. The Morgan fingerprint density at radius 2 is 1.93 bits per heavy atom. The minimum atomic E-state index is -0.504. The number of ether oxygens (including phenoxy) is 2. The first-order valence-electron chi connectivity index (χ1n) is 9.46. The number of hydrogen-bond acceptors (Lipinski definition) is 6. The van der Waals surface area contributed by atoms with Crippen LogP contribution in [0.15, 0.2) is 48.8 Å². The number of benzene rings is 2. The molecule has 8 nitrogen and oxygen atoms in total. The number of aromatic nitrogens is 3. The van der Waals surface area contributed by atoms with Gasteiger partial charge in [0.25, 0.3) is 0 Å². The Morgan fingerprint density at radius 1 is 1.17 bits per heavy atom. The Bertz CT molecular complexity index is 1050. The second-order valence-electron chi connectivity index (χ2n) is 7.04. The van der Waals surface area contributed by atoms with Gasteiger partial charge in [0.2, 0.25) is 11.9 Å². The molecule has 0 aliphatic carbocycles. The Balaban J connectivity index is 1.78. The van der Waals surface area contributed by atoms with Gasteiger partial charge in [-0.3, -0.25) is 4.79 Å². The van der Waals surface area contributed by atoms with Crippen LogP contribution in [-0.4, -0.2) is 40.9 Å². The summed E-state index contributed by atoms with van der Waals surface area (Å²) in [5.74, 6) is 1.23. The number of nitrogens with one attached hydrogen (secondary N) is 2. The standard InChI is InChI=1S/C21H22ClN5O3/c1-12-18(20(28)26-14-6-4-13(22)5-7-14)19(27-21(25-12)23-11-24-27)16-10-15(29-2)8-9-17(16)30-3/h4-12,18-19H,1-3H3,(H,26,28)(H,23,24,25). The summed E-state index contributed by atoms with van der Waals surface area (Å²) in [7, 11) is 3.20. The average Bonchev–Trinajstić information content (AvgIpc) is 3.21. The molecule has 0 fully saturated rings. The maximum absolute atomic E-state index is 13.4. The van der Waals surface area contributed by atoms with Gasteiger partial charge in [0.1, 0.15) is 17.8 Å². The van der Waals surface area contributed by atoms with Gasteiger partial charge < -0.3 is 20.1 Å². The fraction of sp³-hybridized carbons (Fsp3) is 0.286. The van der Waals surface area contributed by atoms with Gasteiger partial charge in [0, 0.05) is 22.3 Å². The Labute approximate surface area is 179 Å². The summed E-state index contributed by atoms with van der Waals surface area (Å²) in [6.45, 7) is 1.95. The highest BCUT2D eigenvalue weighted by Gasteiger charge is 2.42. The fourth-order valence-electron chi connectivity index (χ4n) is 3.80. The van der Waals surface area contributed by atoms with E-state index in [0.29, 0.717) is 28.2 Å². The first kappa shape index (κ1) is 20.0. The van der Waals surface area contributed by atoms with E-state index in [1.165, 1.54) is 6.33 Å². The quantitative estimate of drug-likeness (QED) is 0.646. The highest BCUT2D eigenvalue weighted by molar-refractivity contribution is 6.30. The third-order valence-electron chi connectivity index (χ3n) is 5.24. The molecule has 3 aromatic rings. The van der Waals surface area contributed by atoms with Crippen LogP contribution in [0.4, 0.5) is 11.6 Å². The third kappa shape index (κ3) is 3.66. The molecule has 0 bridgehead atoms. The molecule has 0 saturated heterocycles. The number of fused-ring (bicyclic) bond motifs is 1. The zero-order valence-electron chi connectivity index (χ0n) is 16.8. The van der Waals surface area contributed by atoms with Crippen LogP contribution in [0.25, 0.3) is 0 Å². The third-order valence-corrected chi connectivity index (χ3v) is 5.49. The zero-order chi connectivity index (χ0) is 21.3. The highest BCUT2D eigenvalue weighted by Crippen LogP contribution is 2.41. The van der Waals surface area contributed by atoms with E-state index in [0.717, 1.165) is 5.56 Å². The van der Waals surface area contributed by atoms with Crippen LogP contribution >= 0.6 is 11.6 Å². The van der Waals surface area contributed by atoms with Crippen LogP contribution in [0.2, 0.25) is 5.02 Å². The van der Waals surface area contributed by atoms with E-state index < -0.39 is 12.0 Å². The first-order valence-corrected chi connectivity index (χ1v) is 9.84. The summed E-state index contributed by atoms with van der Waals surface area (Å²) in [6.07, 6.45) is 1.47. The second-order valence-corrected chi connectivity index (χ2v) is 7.47. The van der Waals surface area contributed by atoms with Gasteiger partial charge in [-0.05, 0) is 49.4 Å². The highest BCUT2D eigenvalue weighted by atomic mass is 35.5. The molecule has 1 aliphatic rings. The van der Waals surface area contributed by atoms with Crippen LogP contribution < -0.4 is 20.1 Å². The fourth-order valence-corrected chi connectivity index (χ4v) is 3.93. The lowest BCUT2D eigenvalue weighted by Crippen LogP contribution is -2.46. The van der Waals surface area contributed by atoms with E-state index in [1.54, 1.807) is 43.2 Å². The molecule has 1 aliphatic heterocycles. The van der Waals surface area contributed by atoms with Crippen molar-refractivity contribution in [2.24, 2.45) is 5.92 Å². The van der Waals surface area contributed by atoms with Crippen molar-refractivity contribution in [1.29, 1.82) is 0 Å². The van der Waals surface area contributed by atoms with Crippen LogP contribution in [-0.2, 0) is 4.79 Å². The number of methoxy groups -OCH3 is 2. The van der Waals surface area contributed by atoms with Gasteiger partial charge >= 0.3 is 0 Å². The molecule has 2 heterocycles. The average molecular weight is 428 g/mol. The molecule has 1 amide bonds. The molecule has 0 saturated carbocycles. The van der Waals surface area contributed by atoms with Gasteiger partial charge in [-0.2, -0.15) is 10.1 Å². The summed E-state index contributed by atoms with van der Waals surface area (Å²) < 4.78 is 12.7. The van der Waals surface area contributed by atoms with E-state index in [-0.39, 0.29) is 11.9 Å². The predicted octanol–water partition coefficient (Wildman–Crippen LogP) is 3.61. The SMILES string of the molecule is COc1ccc(OC)c(C2C(C(=O)Nc3ccc(Cl)cc3)C(C)Nc3ncnn32)c1. The van der Waals surface area contributed by atoms with Crippen molar-refractivity contribution in [3.8, 4) is 11.5 Å². The molecule has 3 unspecified atom stereocenters. The number of carbonyl (C=O) groups is 1. The minimum absolute atomic E-state index is 0.159. The second kappa shape index (κ2) is 8.23. The number of nitrogens with zero attached hydrogens (tertiary/aromatic N) is 3. The number of halogens is 1. The number of hydrogen-bond donors (Lipinski definition) is 2. The van der Waals surface area contributed by atoms with E-state index in [2.05, 4.69) is 20.7 Å². The molecule has 1 aromatic heterocycles. The largest absolute Gasteiger partial charge is 0.497 e. The van der Waals surface area contributed by atoms with Crippen molar-refractivity contribution in [2.75, 3.05) is 24.9 Å². The summed E-state index contributed by atoms with van der Waals surface area (Å²) in [5, 5.41) is 11.2. The lowest BCUT2D eigenvalue weighted by Gasteiger charge is -2.37. The number of carbonyl (C=O) groups excluding carboxylic acids is 1. The van der Waals surface area contributed by atoms with Crippen LogP contribution in [0.1, 0.15) is 18.5 Å². The molecular formula is C21H22ClN5O3. The summed E-state index contributed by atoms with van der Waals surface area (Å²) >= 11 is 5.96. The van der Waals surface area contributed by atoms with Crippen molar-refractivity contribution in [1.82, 2.24) is 14.8 Å². The summed E-state index contributed by atoms with van der Waals surface area (Å²) in [5.41, 5.74) is 1.45. The Morgan fingerprint density at radius 3 is 2.63 bits per heavy atom. The number of rotatable bonds is 5. The van der Waals surface area contributed by atoms with E-state index in [4.69, 9.17) is 21.1 Å². The minimum Gasteiger partial charge on any atom is -0.497 e. The Kier molecular flexibility index (Phi) is 5.50.